The Hall–Kier alpha value is -1.47. The molecule has 2 aromatic rings. The quantitative estimate of drug-likeness (QED) is 0.673. The molecule has 1 unspecified atom stereocenters. The van der Waals surface area contributed by atoms with E-state index in [0.29, 0.717) is 5.92 Å². The summed E-state index contributed by atoms with van der Waals surface area (Å²) >= 11 is 6.47. The molecule has 0 fully saturated rings. The Kier molecular flexibility index (Phi) is 5.18. The fourth-order valence-electron chi connectivity index (χ4n) is 2.71. The van der Waals surface area contributed by atoms with Gasteiger partial charge in [0.2, 0.25) is 0 Å². The third kappa shape index (κ3) is 4.04. The van der Waals surface area contributed by atoms with Gasteiger partial charge in [-0.1, -0.05) is 63.6 Å². The summed E-state index contributed by atoms with van der Waals surface area (Å²) in [5, 5.41) is 0.864. The second kappa shape index (κ2) is 6.75. The first kappa shape index (κ1) is 16.9. The van der Waals surface area contributed by atoms with Crippen molar-refractivity contribution in [2.24, 2.45) is 0 Å². The van der Waals surface area contributed by atoms with Crippen molar-refractivity contribution in [3.63, 3.8) is 0 Å². The molecule has 2 aromatic carbocycles. The first-order valence-corrected chi connectivity index (χ1v) is 8.12. The fraction of sp³-hybridized carbons (Fsp3) is 0.400. The summed E-state index contributed by atoms with van der Waals surface area (Å²) in [5.41, 5.74) is 3.84. The highest BCUT2D eigenvalue weighted by Crippen LogP contribution is 2.31. The second-order valence-electron chi connectivity index (χ2n) is 6.95. The van der Waals surface area contributed by atoms with E-state index < -0.39 is 0 Å². The van der Waals surface area contributed by atoms with Gasteiger partial charge in [0.1, 0.15) is 5.75 Å². The van der Waals surface area contributed by atoms with Crippen LogP contribution in [0, 0.1) is 0 Å². The van der Waals surface area contributed by atoms with E-state index in [1.54, 1.807) is 7.11 Å². The molecule has 0 N–H and O–H groups in total. The summed E-state index contributed by atoms with van der Waals surface area (Å²) in [7, 11) is 1.70. The number of ether oxygens (including phenoxy) is 1. The third-order valence-corrected chi connectivity index (χ3v) is 4.36. The van der Waals surface area contributed by atoms with Gasteiger partial charge in [-0.05, 0) is 52.6 Å². The van der Waals surface area contributed by atoms with Crippen molar-refractivity contribution in [2.75, 3.05) is 7.11 Å². The van der Waals surface area contributed by atoms with Gasteiger partial charge < -0.3 is 4.74 Å². The molecule has 22 heavy (non-hydrogen) atoms. The number of rotatable bonds is 4. The summed E-state index contributed by atoms with van der Waals surface area (Å²) in [5.74, 6) is 1.33. The monoisotopic (exact) mass is 316 g/mol. The first-order valence-electron chi connectivity index (χ1n) is 7.74. The molecule has 1 atom stereocenters. The maximum atomic E-state index is 6.47. The van der Waals surface area contributed by atoms with Crippen molar-refractivity contribution in [2.45, 2.75) is 45.4 Å². The standard InChI is InChI=1S/C20H25ClO/c1-14(16-7-6-8-17(13-16)22-5)11-15-9-10-18(19(21)12-15)20(2,3)4/h6-10,12-14H,11H2,1-5H3. The average Bonchev–Trinajstić information content (AvgIpc) is 2.46. The van der Waals surface area contributed by atoms with Crippen LogP contribution in [0.25, 0.3) is 0 Å². The molecule has 0 aromatic heterocycles. The summed E-state index contributed by atoms with van der Waals surface area (Å²) < 4.78 is 5.31. The smallest absolute Gasteiger partial charge is 0.119 e. The normalized spacial score (nSPS) is 13.0. The van der Waals surface area contributed by atoms with Crippen LogP contribution < -0.4 is 4.74 Å². The van der Waals surface area contributed by atoms with E-state index in [1.807, 2.05) is 12.1 Å². The van der Waals surface area contributed by atoms with Gasteiger partial charge in [-0.3, -0.25) is 0 Å². The Balaban J connectivity index is 2.18. The molecule has 0 radical (unpaired) electrons. The highest BCUT2D eigenvalue weighted by Gasteiger charge is 2.18. The molecule has 0 saturated heterocycles. The molecule has 2 heteroatoms. The number of hydrogen-bond acceptors (Lipinski definition) is 1. The number of hydrogen-bond donors (Lipinski definition) is 0. The molecule has 1 nitrogen and oxygen atoms in total. The zero-order valence-electron chi connectivity index (χ0n) is 14.1. The second-order valence-corrected chi connectivity index (χ2v) is 7.35. The van der Waals surface area contributed by atoms with E-state index in [-0.39, 0.29) is 5.41 Å². The van der Waals surface area contributed by atoms with Gasteiger partial charge in [0.25, 0.3) is 0 Å². The zero-order valence-corrected chi connectivity index (χ0v) is 14.9. The Morgan fingerprint density at radius 3 is 2.41 bits per heavy atom. The minimum atomic E-state index is 0.0774. The number of halogens is 1. The average molecular weight is 317 g/mol. The molecular formula is C20H25ClO. The molecule has 2 rings (SSSR count). The SMILES string of the molecule is COc1cccc(C(C)Cc2ccc(C(C)(C)C)c(Cl)c2)c1. The Morgan fingerprint density at radius 2 is 1.82 bits per heavy atom. The summed E-state index contributed by atoms with van der Waals surface area (Å²) in [6, 6.07) is 14.7. The van der Waals surface area contributed by atoms with Crippen LogP contribution in [0.2, 0.25) is 5.02 Å². The lowest BCUT2D eigenvalue weighted by Gasteiger charge is -2.21. The van der Waals surface area contributed by atoms with Crippen LogP contribution in [0.3, 0.4) is 0 Å². The molecule has 0 bridgehead atoms. The van der Waals surface area contributed by atoms with E-state index in [2.05, 4.69) is 58.0 Å². The van der Waals surface area contributed by atoms with Crippen molar-refractivity contribution in [3.05, 3.63) is 64.2 Å². The number of methoxy groups -OCH3 is 1. The van der Waals surface area contributed by atoms with Crippen molar-refractivity contribution >= 4 is 11.6 Å². The van der Waals surface area contributed by atoms with Crippen molar-refractivity contribution < 1.29 is 4.74 Å². The van der Waals surface area contributed by atoms with Gasteiger partial charge in [-0.15, -0.1) is 0 Å². The zero-order chi connectivity index (χ0) is 16.3. The Labute approximate surface area is 139 Å². The number of benzene rings is 2. The molecule has 0 amide bonds. The van der Waals surface area contributed by atoms with Crippen LogP contribution in [0.4, 0.5) is 0 Å². The molecule has 0 aliphatic carbocycles. The maximum absolute atomic E-state index is 6.47. The van der Waals surface area contributed by atoms with Crippen LogP contribution in [-0.4, -0.2) is 7.11 Å². The highest BCUT2D eigenvalue weighted by atomic mass is 35.5. The molecule has 0 spiro atoms. The highest BCUT2D eigenvalue weighted by molar-refractivity contribution is 6.31. The first-order chi connectivity index (χ1) is 10.3. The van der Waals surface area contributed by atoms with Crippen molar-refractivity contribution in [1.29, 1.82) is 0 Å². The van der Waals surface area contributed by atoms with Crippen LogP contribution in [0.5, 0.6) is 5.75 Å². The molecule has 0 heterocycles. The molecule has 0 saturated carbocycles. The van der Waals surface area contributed by atoms with Gasteiger partial charge in [0.05, 0.1) is 7.11 Å². The Bertz CT molecular complexity index is 640. The summed E-state index contributed by atoms with van der Waals surface area (Å²) in [6.45, 7) is 8.80. The van der Waals surface area contributed by atoms with Crippen molar-refractivity contribution in [3.8, 4) is 5.75 Å². The minimum absolute atomic E-state index is 0.0774. The summed E-state index contributed by atoms with van der Waals surface area (Å²) in [6.07, 6.45) is 0.970. The van der Waals surface area contributed by atoms with Gasteiger partial charge in [0.15, 0.2) is 0 Å². The van der Waals surface area contributed by atoms with E-state index in [0.717, 1.165) is 17.2 Å². The lowest BCUT2D eigenvalue weighted by atomic mass is 9.85. The van der Waals surface area contributed by atoms with Crippen LogP contribution >= 0.6 is 11.6 Å². The van der Waals surface area contributed by atoms with Crippen molar-refractivity contribution in [1.82, 2.24) is 0 Å². The van der Waals surface area contributed by atoms with E-state index in [9.17, 15) is 0 Å². The Morgan fingerprint density at radius 1 is 1.09 bits per heavy atom. The fourth-order valence-corrected chi connectivity index (χ4v) is 3.20. The molecule has 0 aliphatic heterocycles. The van der Waals surface area contributed by atoms with Gasteiger partial charge >= 0.3 is 0 Å². The lowest BCUT2D eigenvalue weighted by Crippen LogP contribution is -2.12. The van der Waals surface area contributed by atoms with E-state index in [4.69, 9.17) is 16.3 Å². The largest absolute Gasteiger partial charge is 0.497 e. The minimum Gasteiger partial charge on any atom is -0.497 e. The van der Waals surface area contributed by atoms with Gasteiger partial charge in [-0.2, -0.15) is 0 Å². The van der Waals surface area contributed by atoms with Gasteiger partial charge in [0, 0.05) is 5.02 Å². The molecular weight excluding hydrogens is 292 g/mol. The topological polar surface area (TPSA) is 9.23 Å². The van der Waals surface area contributed by atoms with Crippen LogP contribution in [-0.2, 0) is 11.8 Å². The maximum Gasteiger partial charge on any atom is 0.119 e. The molecule has 118 valence electrons. The van der Waals surface area contributed by atoms with E-state index >= 15 is 0 Å². The third-order valence-electron chi connectivity index (χ3n) is 4.05. The van der Waals surface area contributed by atoms with Crippen LogP contribution in [0.15, 0.2) is 42.5 Å². The predicted octanol–water partition coefficient (Wildman–Crippen LogP) is 5.99. The lowest BCUT2D eigenvalue weighted by molar-refractivity contribution is 0.414. The summed E-state index contributed by atoms with van der Waals surface area (Å²) in [4.78, 5) is 0. The predicted molar refractivity (Wildman–Crippen MR) is 95.3 cm³/mol. The molecule has 0 aliphatic rings. The van der Waals surface area contributed by atoms with Crippen LogP contribution in [0.1, 0.15) is 50.3 Å². The van der Waals surface area contributed by atoms with Gasteiger partial charge in [-0.25, -0.2) is 0 Å². The van der Waals surface area contributed by atoms with E-state index in [1.165, 1.54) is 16.7 Å².